The number of imidazole rings is 1. The van der Waals surface area contributed by atoms with E-state index in [1.54, 1.807) is 37.6 Å². The van der Waals surface area contributed by atoms with Crippen LogP contribution < -0.4 is 5.32 Å². The lowest BCUT2D eigenvalue weighted by Gasteiger charge is -2.34. The molecule has 0 radical (unpaired) electrons. The van der Waals surface area contributed by atoms with Gasteiger partial charge in [0.25, 0.3) is 0 Å². The molecule has 9 nitrogen and oxygen atoms in total. The van der Waals surface area contributed by atoms with E-state index in [9.17, 15) is 8.42 Å². The van der Waals surface area contributed by atoms with E-state index >= 15 is 0 Å². The van der Waals surface area contributed by atoms with Gasteiger partial charge in [0.1, 0.15) is 5.82 Å². The van der Waals surface area contributed by atoms with Gasteiger partial charge in [0.15, 0.2) is 0 Å². The van der Waals surface area contributed by atoms with Crippen molar-refractivity contribution in [3.8, 4) is 11.4 Å². The molecule has 0 unspecified atom stereocenters. The molecule has 1 fully saturated rings. The predicted molar refractivity (Wildman–Crippen MR) is 151 cm³/mol. The van der Waals surface area contributed by atoms with E-state index in [0.717, 1.165) is 23.8 Å². The van der Waals surface area contributed by atoms with Gasteiger partial charge in [-0.15, -0.1) is 0 Å². The first-order chi connectivity index (χ1) is 18.0. The first-order valence-corrected chi connectivity index (χ1v) is 14.4. The summed E-state index contributed by atoms with van der Waals surface area (Å²) in [6, 6.07) is 8.54. The van der Waals surface area contributed by atoms with Crippen molar-refractivity contribution in [1.82, 2.24) is 23.8 Å². The second-order valence-electron chi connectivity index (χ2n) is 10.9. The van der Waals surface area contributed by atoms with Crippen molar-refractivity contribution in [2.24, 2.45) is 5.92 Å². The normalized spacial score (nSPS) is 14.1. The van der Waals surface area contributed by atoms with Gasteiger partial charge in [0.2, 0.25) is 16.0 Å². The Kier molecular flexibility index (Phi) is 8.34. The maximum absolute atomic E-state index is 13.4. The molecule has 204 valence electrons. The Labute approximate surface area is 226 Å². The Morgan fingerprint density at radius 1 is 1.16 bits per heavy atom. The number of hydrogen-bond acceptors (Lipinski definition) is 7. The van der Waals surface area contributed by atoms with Crippen LogP contribution in [0, 0.1) is 5.92 Å². The van der Waals surface area contributed by atoms with Crippen LogP contribution in [-0.4, -0.2) is 58.0 Å². The maximum Gasteiger partial charge on any atom is 0.243 e. The molecule has 1 aliphatic rings. The zero-order chi connectivity index (χ0) is 27.5. The average molecular weight is 539 g/mol. The van der Waals surface area contributed by atoms with Crippen LogP contribution in [0.4, 0.5) is 11.6 Å². The minimum absolute atomic E-state index is 0.222. The fourth-order valence-corrected chi connectivity index (χ4v) is 6.01. The van der Waals surface area contributed by atoms with Crippen molar-refractivity contribution in [2.75, 3.05) is 25.6 Å². The number of anilines is 2. The number of hydrogen-bond donors (Lipinski definition) is 1. The van der Waals surface area contributed by atoms with Crippen LogP contribution in [0.5, 0.6) is 0 Å². The summed E-state index contributed by atoms with van der Waals surface area (Å²) < 4.78 is 35.5. The fourth-order valence-electron chi connectivity index (χ4n) is 4.24. The number of rotatable bonds is 11. The van der Waals surface area contributed by atoms with Crippen molar-refractivity contribution in [2.45, 2.75) is 64.4 Å². The van der Waals surface area contributed by atoms with Crippen molar-refractivity contribution in [1.29, 1.82) is 0 Å². The van der Waals surface area contributed by atoms with Gasteiger partial charge in [-0.25, -0.2) is 23.4 Å². The topological polar surface area (TPSA) is 102 Å². The Morgan fingerprint density at radius 3 is 2.47 bits per heavy atom. The smallest absolute Gasteiger partial charge is 0.243 e. The van der Waals surface area contributed by atoms with Gasteiger partial charge < -0.3 is 14.6 Å². The number of benzene rings is 1. The molecule has 2 heterocycles. The number of aromatic nitrogens is 4. The summed E-state index contributed by atoms with van der Waals surface area (Å²) >= 11 is 0. The number of allylic oxidation sites excluding steroid dienone is 1. The Morgan fingerprint density at radius 2 is 1.87 bits per heavy atom. The Balaban J connectivity index is 1.56. The lowest BCUT2D eigenvalue weighted by molar-refractivity contribution is 0.148. The molecule has 1 N–H and O–H groups in total. The number of ether oxygens (including phenoxy) is 1. The number of methoxy groups -OCH3 is 1. The van der Waals surface area contributed by atoms with Gasteiger partial charge in [0, 0.05) is 37.6 Å². The average Bonchev–Trinajstić information content (AvgIpc) is 3.58. The molecule has 0 aliphatic heterocycles. The molecule has 0 saturated heterocycles. The highest BCUT2D eigenvalue weighted by molar-refractivity contribution is 7.89. The first kappa shape index (κ1) is 27.9. The molecule has 2 aromatic heterocycles. The SMILES string of the molecule is COCCN(C(C)(C)C)S(=O)(=O)c1ccc(Nc2nccc(-c3cnc(C=C(C)C)n3CC3CC3)n2)cc1. The minimum atomic E-state index is -3.70. The molecule has 0 atom stereocenters. The van der Waals surface area contributed by atoms with E-state index in [-0.39, 0.29) is 11.4 Å². The third kappa shape index (κ3) is 6.67. The molecule has 1 aliphatic carbocycles. The number of sulfonamides is 1. The molecule has 0 bridgehead atoms. The lowest BCUT2D eigenvalue weighted by atomic mass is 10.1. The van der Waals surface area contributed by atoms with Crippen LogP contribution in [-0.2, 0) is 21.3 Å². The third-order valence-corrected chi connectivity index (χ3v) is 8.48. The summed E-state index contributed by atoms with van der Waals surface area (Å²) in [4.78, 5) is 14.0. The number of nitrogens with one attached hydrogen (secondary N) is 1. The van der Waals surface area contributed by atoms with Gasteiger partial charge in [-0.1, -0.05) is 5.57 Å². The molecule has 1 aromatic carbocycles. The van der Waals surface area contributed by atoms with Gasteiger partial charge in [-0.2, -0.15) is 4.31 Å². The zero-order valence-corrected chi connectivity index (χ0v) is 23.9. The summed E-state index contributed by atoms with van der Waals surface area (Å²) in [5.74, 6) is 2.05. The summed E-state index contributed by atoms with van der Waals surface area (Å²) in [6.07, 6.45) is 8.17. The summed E-state index contributed by atoms with van der Waals surface area (Å²) in [5.41, 5.74) is 3.04. The summed E-state index contributed by atoms with van der Waals surface area (Å²) in [5, 5.41) is 3.21. The highest BCUT2D eigenvalue weighted by Crippen LogP contribution is 2.33. The number of nitrogens with zero attached hydrogens (tertiary/aromatic N) is 5. The molecule has 0 spiro atoms. The van der Waals surface area contributed by atoms with E-state index in [1.807, 2.05) is 33.0 Å². The Bertz CT molecular complexity index is 1380. The molecular weight excluding hydrogens is 500 g/mol. The monoisotopic (exact) mass is 538 g/mol. The van der Waals surface area contributed by atoms with E-state index in [2.05, 4.69) is 39.8 Å². The van der Waals surface area contributed by atoms with Crippen LogP contribution in [0.25, 0.3) is 17.5 Å². The lowest BCUT2D eigenvalue weighted by Crippen LogP contribution is -2.47. The minimum Gasteiger partial charge on any atom is -0.383 e. The van der Waals surface area contributed by atoms with Gasteiger partial charge in [-0.3, -0.25) is 0 Å². The first-order valence-electron chi connectivity index (χ1n) is 12.9. The van der Waals surface area contributed by atoms with Crippen molar-refractivity contribution in [3.63, 3.8) is 0 Å². The molecule has 4 rings (SSSR count). The van der Waals surface area contributed by atoms with E-state index in [4.69, 9.17) is 9.72 Å². The van der Waals surface area contributed by atoms with Gasteiger partial charge >= 0.3 is 0 Å². The second-order valence-corrected chi connectivity index (χ2v) is 12.8. The standard InChI is InChI=1S/C28H38N6O3S/c1-20(2)17-26-30-18-25(33(26)19-21-7-8-21)24-13-14-29-27(32-24)31-22-9-11-23(12-10-22)38(35,36)34(15-16-37-6)28(3,4)5/h9-14,17-18,21H,7-8,15-16,19H2,1-6H3,(H,29,31,32). The highest BCUT2D eigenvalue weighted by atomic mass is 32.2. The van der Waals surface area contributed by atoms with Crippen molar-refractivity contribution in [3.05, 3.63) is 54.1 Å². The van der Waals surface area contributed by atoms with Crippen LogP contribution in [0.1, 0.15) is 53.3 Å². The second kappa shape index (κ2) is 11.3. The highest BCUT2D eigenvalue weighted by Gasteiger charge is 2.33. The van der Waals surface area contributed by atoms with Gasteiger partial charge in [0.05, 0.1) is 29.1 Å². The predicted octanol–water partition coefficient (Wildman–Crippen LogP) is 5.35. The quantitative estimate of drug-likeness (QED) is 0.351. The molecule has 1 saturated carbocycles. The molecule has 10 heteroatoms. The van der Waals surface area contributed by atoms with E-state index in [0.29, 0.717) is 24.2 Å². The Hall–Kier alpha value is -3.08. The zero-order valence-electron chi connectivity index (χ0n) is 23.1. The van der Waals surface area contributed by atoms with E-state index in [1.165, 1.54) is 22.7 Å². The van der Waals surface area contributed by atoms with Crippen LogP contribution in [0.3, 0.4) is 0 Å². The molecule has 38 heavy (non-hydrogen) atoms. The van der Waals surface area contributed by atoms with Crippen LogP contribution in [0.15, 0.2) is 53.2 Å². The fraction of sp³-hybridized carbons (Fsp3) is 0.464. The molecule has 3 aromatic rings. The summed E-state index contributed by atoms with van der Waals surface area (Å²) in [7, 11) is -2.14. The van der Waals surface area contributed by atoms with Gasteiger partial charge in [-0.05, 0) is 89.8 Å². The van der Waals surface area contributed by atoms with Crippen LogP contribution in [0.2, 0.25) is 0 Å². The van der Waals surface area contributed by atoms with Crippen molar-refractivity contribution >= 4 is 27.7 Å². The van der Waals surface area contributed by atoms with E-state index < -0.39 is 15.6 Å². The van der Waals surface area contributed by atoms with Crippen LogP contribution >= 0.6 is 0 Å². The third-order valence-electron chi connectivity index (χ3n) is 6.31. The summed E-state index contributed by atoms with van der Waals surface area (Å²) in [6.45, 7) is 11.3. The van der Waals surface area contributed by atoms with Crippen molar-refractivity contribution < 1.29 is 13.2 Å². The maximum atomic E-state index is 13.4. The molecule has 0 amide bonds. The largest absolute Gasteiger partial charge is 0.383 e. The molecular formula is C28H38N6O3S.